The number of carboxylic acids is 1. The van der Waals surface area contributed by atoms with Crippen LogP contribution in [0.15, 0.2) is 0 Å². The molecule has 1 aliphatic rings. The molecule has 0 heterocycles. The first-order valence-corrected chi connectivity index (χ1v) is 5.46. The molecular weight excluding hydrogens is 284 g/mol. The van der Waals surface area contributed by atoms with Crippen molar-refractivity contribution in [3.63, 3.8) is 0 Å². The van der Waals surface area contributed by atoms with Crippen molar-refractivity contribution in [2.24, 2.45) is 17.3 Å². The molecule has 0 spiro atoms. The van der Waals surface area contributed by atoms with E-state index in [0.29, 0.717) is 0 Å². The predicted molar refractivity (Wildman–Crippen MR) is 54.9 cm³/mol. The first-order chi connectivity index (χ1) is 7.35. The maximum Gasteiger partial charge on any atom is 0.424 e. The molecule has 0 aromatic rings. The molecule has 0 bridgehead atoms. The Balaban J connectivity index is 2.94. The number of rotatable bonds is 3. The van der Waals surface area contributed by atoms with Crippen molar-refractivity contribution in [2.45, 2.75) is 30.5 Å². The largest absolute Gasteiger partial charge is 0.481 e. The number of halogens is 5. The fraction of sp³-hybridized carbons (Fsp3) is 0.889. The molecule has 0 aromatic heterocycles. The monoisotopic (exact) mass is 294 g/mol. The molecule has 8 heteroatoms. The third kappa shape index (κ3) is 2.22. The normalized spacial score (nSPS) is 29.9. The van der Waals surface area contributed by atoms with Crippen LogP contribution in [0.3, 0.4) is 0 Å². The van der Waals surface area contributed by atoms with Gasteiger partial charge in [-0.05, 0) is 5.41 Å². The minimum atomic E-state index is -5.03. The highest BCUT2D eigenvalue weighted by Crippen LogP contribution is 2.63. The first kappa shape index (κ1) is 14.9. The van der Waals surface area contributed by atoms with E-state index in [1.807, 2.05) is 0 Å². The molecule has 3 atom stereocenters. The molecule has 0 aliphatic heterocycles. The third-order valence-electron chi connectivity index (χ3n) is 3.27. The second-order valence-electron chi connectivity index (χ2n) is 4.73. The van der Waals surface area contributed by atoms with Crippen LogP contribution in [0, 0.1) is 17.3 Å². The van der Waals surface area contributed by atoms with Gasteiger partial charge in [0.1, 0.15) is 6.10 Å². The van der Waals surface area contributed by atoms with Gasteiger partial charge in [0, 0.05) is 5.92 Å². The van der Waals surface area contributed by atoms with Gasteiger partial charge in [-0.15, -0.1) is 0 Å². The predicted octanol–water partition coefficient (Wildman–Crippen LogP) is 2.44. The highest BCUT2D eigenvalue weighted by molar-refractivity contribution is 6.49. The second kappa shape index (κ2) is 3.90. The molecule has 0 radical (unpaired) electrons. The summed E-state index contributed by atoms with van der Waals surface area (Å²) in [6.07, 6.45) is -7.21. The average Bonchev–Trinajstić information content (AvgIpc) is 2.65. The summed E-state index contributed by atoms with van der Waals surface area (Å²) in [5, 5.41) is 18.4. The fourth-order valence-electron chi connectivity index (χ4n) is 2.13. The Morgan fingerprint density at radius 1 is 1.35 bits per heavy atom. The van der Waals surface area contributed by atoms with Crippen molar-refractivity contribution in [3.8, 4) is 0 Å². The van der Waals surface area contributed by atoms with E-state index in [1.54, 1.807) is 0 Å². The van der Waals surface area contributed by atoms with E-state index in [-0.39, 0.29) is 0 Å². The van der Waals surface area contributed by atoms with E-state index < -0.39 is 39.8 Å². The molecule has 1 saturated carbocycles. The van der Waals surface area contributed by atoms with Crippen molar-refractivity contribution in [2.75, 3.05) is 0 Å². The maximum absolute atomic E-state index is 12.5. The molecular formula is C9H11Cl2F3O3. The van der Waals surface area contributed by atoms with Crippen LogP contribution in [0.2, 0.25) is 0 Å². The third-order valence-corrected chi connectivity index (χ3v) is 4.14. The van der Waals surface area contributed by atoms with Crippen LogP contribution in [-0.4, -0.2) is 32.8 Å². The van der Waals surface area contributed by atoms with E-state index in [4.69, 9.17) is 28.3 Å². The van der Waals surface area contributed by atoms with E-state index in [0.717, 1.165) is 0 Å². The van der Waals surface area contributed by atoms with Crippen LogP contribution in [0.1, 0.15) is 13.8 Å². The molecule has 0 saturated heterocycles. The molecule has 3 nitrogen and oxygen atoms in total. The lowest BCUT2D eigenvalue weighted by Crippen LogP contribution is -2.47. The van der Waals surface area contributed by atoms with Gasteiger partial charge in [0.05, 0.1) is 5.92 Å². The van der Waals surface area contributed by atoms with E-state index in [9.17, 15) is 23.1 Å². The minimum absolute atomic E-state index is 0.967. The number of alkyl halides is 5. The van der Waals surface area contributed by atoms with Gasteiger partial charge in [-0.25, -0.2) is 0 Å². The van der Waals surface area contributed by atoms with Gasteiger partial charge in [-0.2, -0.15) is 13.2 Å². The summed E-state index contributed by atoms with van der Waals surface area (Å²) in [6, 6.07) is 0. The second-order valence-corrected chi connectivity index (χ2v) is 6.11. The molecule has 2 N–H and O–H groups in total. The summed E-state index contributed by atoms with van der Waals surface area (Å²) in [5.41, 5.74) is -0.967. The quantitative estimate of drug-likeness (QED) is 0.786. The van der Waals surface area contributed by atoms with Crippen molar-refractivity contribution in [1.82, 2.24) is 0 Å². The van der Waals surface area contributed by atoms with Gasteiger partial charge in [0.25, 0.3) is 0 Å². The summed E-state index contributed by atoms with van der Waals surface area (Å²) >= 11 is 10.2. The van der Waals surface area contributed by atoms with Gasteiger partial charge in [-0.1, -0.05) is 37.0 Å². The van der Waals surface area contributed by atoms with Gasteiger partial charge >= 0.3 is 12.1 Å². The number of aliphatic carboxylic acids is 1. The number of hydrogen-bond donors (Lipinski definition) is 2. The maximum atomic E-state index is 12.5. The summed E-state index contributed by atoms with van der Waals surface area (Å²) in [6.45, 7) is 2.89. The van der Waals surface area contributed by atoms with Crippen LogP contribution in [0.25, 0.3) is 0 Å². The van der Waals surface area contributed by atoms with Gasteiger partial charge in [0.2, 0.25) is 4.33 Å². The summed E-state index contributed by atoms with van der Waals surface area (Å²) in [5.74, 6) is -3.49. The van der Waals surface area contributed by atoms with Crippen molar-refractivity contribution < 1.29 is 28.2 Å². The van der Waals surface area contributed by atoms with Crippen LogP contribution in [0.5, 0.6) is 0 Å². The summed E-state index contributed by atoms with van der Waals surface area (Å²) in [4.78, 5) is 10.8. The van der Waals surface area contributed by atoms with Crippen molar-refractivity contribution >= 4 is 29.2 Å². The number of carbonyl (C=O) groups is 1. The Hall–Kier alpha value is -0.200. The van der Waals surface area contributed by atoms with Crippen LogP contribution >= 0.6 is 23.2 Å². The zero-order valence-electron chi connectivity index (χ0n) is 8.92. The van der Waals surface area contributed by atoms with Crippen LogP contribution < -0.4 is 0 Å². The molecule has 17 heavy (non-hydrogen) atoms. The zero-order chi connectivity index (χ0) is 13.8. The summed E-state index contributed by atoms with van der Waals surface area (Å²) < 4.78 is 34.1. The Morgan fingerprint density at radius 3 is 2.00 bits per heavy atom. The van der Waals surface area contributed by atoms with Crippen LogP contribution in [0.4, 0.5) is 13.2 Å². The molecule has 100 valence electrons. The van der Waals surface area contributed by atoms with Crippen molar-refractivity contribution in [1.29, 1.82) is 0 Å². The zero-order valence-corrected chi connectivity index (χ0v) is 10.4. The standard InChI is InChI=1S/C9H11Cl2F3O3/c1-7(2)3(4(7)6(16)17)5(15)8(10,11)9(12,13)14/h3-5,15H,1-2H3,(H,16,17)/t3-,4+,5?/m0/s1. The molecule has 1 unspecified atom stereocenters. The van der Waals surface area contributed by atoms with E-state index >= 15 is 0 Å². The number of aliphatic hydroxyl groups excluding tert-OH is 1. The van der Waals surface area contributed by atoms with Crippen LogP contribution in [-0.2, 0) is 4.79 Å². The lowest BCUT2D eigenvalue weighted by molar-refractivity contribution is -0.166. The highest BCUT2D eigenvalue weighted by Gasteiger charge is 2.72. The van der Waals surface area contributed by atoms with Gasteiger partial charge in [-0.3, -0.25) is 4.79 Å². The number of aliphatic hydroxyl groups is 1. The van der Waals surface area contributed by atoms with Gasteiger partial charge < -0.3 is 10.2 Å². The molecule has 1 fully saturated rings. The molecule has 0 amide bonds. The Labute approximate surface area is 106 Å². The Morgan fingerprint density at radius 2 is 1.76 bits per heavy atom. The lowest BCUT2D eigenvalue weighted by Gasteiger charge is -2.28. The fourth-order valence-corrected chi connectivity index (χ4v) is 2.40. The van der Waals surface area contributed by atoms with Crippen molar-refractivity contribution in [3.05, 3.63) is 0 Å². The number of carboxylic acid groups (broad SMARTS) is 1. The lowest BCUT2D eigenvalue weighted by atomic mass is 10.0. The topological polar surface area (TPSA) is 57.5 Å². The summed E-state index contributed by atoms with van der Waals surface area (Å²) in [7, 11) is 0. The smallest absolute Gasteiger partial charge is 0.424 e. The Kier molecular flexibility index (Phi) is 3.41. The van der Waals surface area contributed by atoms with E-state index in [2.05, 4.69) is 0 Å². The molecule has 1 rings (SSSR count). The first-order valence-electron chi connectivity index (χ1n) is 4.70. The Bertz CT molecular complexity index is 341. The highest BCUT2D eigenvalue weighted by atomic mass is 35.5. The SMILES string of the molecule is CC1(C)[C@H](C(O)C(Cl)(Cl)C(F)(F)F)[C@@H]1C(=O)O. The minimum Gasteiger partial charge on any atom is -0.481 e. The number of hydrogen-bond acceptors (Lipinski definition) is 2. The molecule has 1 aliphatic carbocycles. The average molecular weight is 295 g/mol. The van der Waals surface area contributed by atoms with Gasteiger partial charge in [0.15, 0.2) is 0 Å². The molecule has 0 aromatic carbocycles. The van der Waals surface area contributed by atoms with E-state index in [1.165, 1.54) is 13.8 Å².